The van der Waals surface area contributed by atoms with E-state index in [0.717, 1.165) is 6.07 Å². The largest absolute Gasteiger partial charge is 0.493 e. The summed E-state index contributed by atoms with van der Waals surface area (Å²) in [5, 5.41) is 11.0. The van der Waals surface area contributed by atoms with Crippen LogP contribution >= 0.6 is 0 Å². The molecule has 0 radical (unpaired) electrons. The van der Waals surface area contributed by atoms with Crippen LogP contribution in [0.4, 0.5) is 5.69 Å². The minimum absolute atomic E-state index is 0.0364. The molecule has 1 amide bonds. The molecule has 0 atom stereocenters. The van der Waals surface area contributed by atoms with E-state index in [9.17, 15) is 14.9 Å². The highest BCUT2D eigenvalue weighted by Gasteiger charge is 2.23. The van der Waals surface area contributed by atoms with Crippen LogP contribution in [-0.4, -0.2) is 50.4 Å². The summed E-state index contributed by atoms with van der Waals surface area (Å²) in [7, 11) is 6.02. The van der Waals surface area contributed by atoms with Crippen molar-refractivity contribution in [3.05, 3.63) is 27.8 Å². The van der Waals surface area contributed by atoms with Gasteiger partial charge in [-0.3, -0.25) is 14.9 Å². The summed E-state index contributed by atoms with van der Waals surface area (Å²) in [5.74, 6) is -0.543. The fraction of sp³-hybridized carbons (Fsp3) is 0.333. The highest BCUT2D eigenvalue weighted by Crippen LogP contribution is 2.38. The van der Waals surface area contributed by atoms with E-state index in [1.807, 2.05) is 0 Å². The molecule has 8 nitrogen and oxygen atoms in total. The first-order chi connectivity index (χ1) is 9.40. The fourth-order valence-corrected chi connectivity index (χ4v) is 1.45. The van der Waals surface area contributed by atoms with Gasteiger partial charge in [-0.1, -0.05) is 0 Å². The molecule has 20 heavy (non-hydrogen) atoms. The van der Waals surface area contributed by atoms with Gasteiger partial charge in [0, 0.05) is 20.2 Å². The third-order valence-corrected chi connectivity index (χ3v) is 2.31. The maximum Gasteiger partial charge on any atom is 0.315 e. The van der Waals surface area contributed by atoms with E-state index in [2.05, 4.69) is 4.99 Å². The van der Waals surface area contributed by atoms with Gasteiger partial charge in [0.25, 0.3) is 5.91 Å². The second kappa shape index (κ2) is 6.50. The van der Waals surface area contributed by atoms with Gasteiger partial charge in [-0.05, 0) is 6.07 Å². The normalized spacial score (nSPS) is 10.4. The number of benzene rings is 1. The second-order valence-corrected chi connectivity index (χ2v) is 4.00. The first-order valence-corrected chi connectivity index (χ1v) is 5.56. The van der Waals surface area contributed by atoms with E-state index < -0.39 is 10.8 Å². The first-order valence-electron chi connectivity index (χ1n) is 5.56. The van der Waals surface area contributed by atoms with Crippen molar-refractivity contribution in [2.24, 2.45) is 4.99 Å². The molecule has 0 saturated heterocycles. The highest BCUT2D eigenvalue weighted by atomic mass is 16.6. The van der Waals surface area contributed by atoms with Gasteiger partial charge in [-0.25, -0.2) is 0 Å². The lowest BCUT2D eigenvalue weighted by molar-refractivity contribution is -0.385. The van der Waals surface area contributed by atoms with Crippen molar-refractivity contribution in [1.82, 2.24) is 4.90 Å². The molecule has 0 unspecified atom stereocenters. The third-order valence-electron chi connectivity index (χ3n) is 2.31. The molecule has 0 aliphatic heterocycles. The Balaban J connectivity index is 3.32. The number of carbonyl (C=O) groups is 1. The Morgan fingerprint density at radius 3 is 2.45 bits per heavy atom. The molecule has 0 aromatic heterocycles. The van der Waals surface area contributed by atoms with Crippen LogP contribution in [0.1, 0.15) is 10.4 Å². The van der Waals surface area contributed by atoms with Gasteiger partial charge < -0.3 is 14.4 Å². The number of rotatable bonds is 5. The quantitative estimate of drug-likeness (QED) is 0.350. The molecule has 1 aromatic rings. The Kier molecular flexibility index (Phi) is 5.01. The van der Waals surface area contributed by atoms with Crippen LogP contribution in [0, 0.1) is 10.1 Å². The number of nitro benzene ring substituents is 1. The first kappa shape index (κ1) is 15.4. The van der Waals surface area contributed by atoms with Gasteiger partial charge in [0.2, 0.25) is 5.75 Å². The summed E-state index contributed by atoms with van der Waals surface area (Å²) in [4.78, 5) is 27.4. The van der Waals surface area contributed by atoms with Gasteiger partial charge in [-0.15, -0.1) is 0 Å². The lowest BCUT2D eigenvalue weighted by Crippen LogP contribution is -2.10. The predicted octanol–water partition coefficient (Wildman–Crippen LogP) is 1.34. The summed E-state index contributed by atoms with van der Waals surface area (Å²) in [6.07, 6.45) is 1.31. The Morgan fingerprint density at radius 1 is 1.35 bits per heavy atom. The highest BCUT2D eigenvalue weighted by molar-refractivity contribution is 6.00. The van der Waals surface area contributed by atoms with E-state index >= 15 is 0 Å². The number of nitrogens with zero attached hydrogens (tertiary/aromatic N) is 3. The molecule has 1 rings (SSSR count). The summed E-state index contributed by atoms with van der Waals surface area (Å²) in [6.45, 7) is 0. The van der Waals surface area contributed by atoms with Crippen molar-refractivity contribution in [3.63, 3.8) is 0 Å². The monoisotopic (exact) mass is 281 g/mol. The van der Waals surface area contributed by atoms with Crippen LogP contribution in [0.3, 0.4) is 0 Å². The lowest BCUT2D eigenvalue weighted by atomic mass is 10.1. The minimum atomic E-state index is -0.645. The number of amides is 1. The maximum absolute atomic E-state index is 11.8. The molecule has 0 fully saturated rings. The molecule has 0 aliphatic rings. The van der Waals surface area contributed by atoms with E-state index in [0.29, 0.717) is 0 Å². The third kappa shape index (κ3) is 3.44. The van der Waals surface area contributed by atoms with Crippen molar-refractivity contribution in [1.29, 1.82) is 0 Å². The lowest BCUT2D eigenvalue weighted by Gasteiger charge is -2.09. The Labute approximate surface area is 115 Å². The van der Waals surface area contributed by atoms with Gasteiger partial charge in [0.15, 0.2) is 5.75 Å². The number of hydrogen-bond donors (Lipinski definition) is 0. The molecule has 0 spiro atoms. The molecule has 0 aliphatic carbocycles. The maximum atomic E-state index is 11.8. The van der Waals surface area contributed by atoms with Crippen molar-refractivity contribution in [3.8, 4) is 11.5 Å². The van der Waals surface area contributed by atoms with Crippen LogP contribution in [-0.2, 0) is 0 Å². The summed E-state index contributed by atoms with van der Waals surface area (Å²) >= 11 is 0. The van der Waals surface area contributed by atoms with Gasteiger partial charge in [-0.2, -0.15) is 4.99 Å². The Bertz CT molecular complexity index is 554. The number of methoxy groups -OCH3 is 2. The van der Waals surface area contributed by atoms with Crippen molar-refractivity contribution in [2.45, 2.75) is 0 Å². The molecule has 0 bridgehead atoms. The van der Waals surface area contributed by atoms with Crippen LogP contribution < -0.4 is 9.47 Å². The van der Waals surface area contributed by atoms with Crippen LogP contribution in [0.15, 0.2) is 17.1 Å². The summed E-state index contributed by atoms with van der Waals surface area (Å²) in [5.41, 5.74) is -0.303. The number of hydrogen-bond acceptors (Lipinski definition) is 5. The molecule has 0 N–H and O–H groups in total. The van der Waals surface area contributed by atoms with Crippen molar-refractivity contribution in [2.75, 3.05) is 28.3 Å². The summed E-state index contributed by atoms with van der Waals surface area (Å²) in [6, 6.07) is 2.46. The molecule has 108 valence electrons. The van der Waals surface area contributed by atoms with Gasteiger partial charge in [0.05, 0.1) is 31.0 Å². The number of aliphatic imine (C=N–C) groups is 1. The van der Waals surface area contributed by atoms with Crippen LogP contribution in [0.25, 0.3) is 0 Å². The number of ether oxygens (including phenoxy) is 2. The van der Waals surface area contributed by atoms with E-state index in [4.69, 9.17) is 9.47 Å². The molecule has 8 heteroatoms. The SMILES string of the molecule is COc1cc(C(=O)/N=C/N(C)C)cc([N+](=O)[O-])c1OC. The van der Waals surface area contributed by atoms with E-state index in [1.165, 1.54) is 26.6 Å². The van der Waals surface area contributed by atoms with E-state index in [1.54, 1.807) is 19.0 Å². The van der Waals surface area contributed by atoms with E-state index in [-0.39, 0.29) is 22.7 Å². The Morgan fingerprint density at radius 2 is 2.00 bits per heavy atom. The average molecular weight is 281 g/mol. The average Bonchev–Trinajstić information content (AvgIpc) is 2.42. The number of nitro groups is 1. The van der Waals surface area contributed by atoms with Crippen LogP contribution in [0.5, 0.6) is 11.5 Å². The van der Waals surface area contributed by atoms with Gasteiger partial charge >= 0.3 is 5.69 Å². The number of carbonyl (C=O) groups excluding carboxylic acids is 1. The molecular formula is C12H15N3O5. The van der Waals surface area contributed by atoms with Crippen molar-refractivity contribution < 1.29 is 19.2 Å². The standard InChI is InChI=1S/C12H15N3O5/c1-14(2)7-13-12(16)8-5-9(15(17)18)11(20-4)10(6-8)19-3/h5-7H,1-4H3/b13-7+. The Hall–Kier alpha value is -2.64. The fourth-order valence-electron chi connectivity index (χ4n) is 1.45. The topological polar surface area (TPSA) is 94.3 Å². The molecule has 1 aromatic carbocycles. The predicted molar refractivity (Wildman–Crippen MR) is 72.7 cm³/mol. The zero-order valence-corrected chi connectivity index (χ0v) is 11.6. The zero-order valence-electron chi connectivity index (χ0n) is 11.6. The van der Waals surface area contributed by atoms with Crippen LogP contribution in [0.2, 0.25) is 0 Å². The molecular weight excluding hydrogens is 266 g/mol. The van der Waals surface area contributed by atoms with Gasteiger partial charge in [0.1, 0.15) is 0 Å². The smallest absolute Gasteiger partial charge is 0.315 e. The zero-order chi connectivity index (χ0) is 15.3. The molecule has 0 saturated carbocycles. The molecule has 0 heterocycles. The summed E-state index contributed by atoms with van der Waals surface area (Å²) < 4.78 is 9.94. The van der Waals surface area contributed by atoms with Crippen molar-refractivity contribution >= 4 is 17.9 Å². The second-order valence-electron chi connectivity index (χ2n) is 4.00. The minimum Gasteiger partial charge on any atom is -0.493 e.